The summed E-state index contributed by atoms with van der Waals surface area (Å²) in [6, 6.07) is 9.64. The number of hydrogen-bond acceptors (Lipinski definition) is 2. The fraction of sp³-hybridized carbons (Fsp3) is 0.429. The second-order valence-corrected chi connectivity index (χ2v) is 5.20. The number of nitrogens with zero attached hydrogens (tertiary/aromatic N) is 1. The van der Waals surface area contributed by atoms with Gasteiger partial charge in [0.2, 0.25) is 5.91 Å². The zero-order chi connectivity index (χ0) is 13.6. The first-order chi connectivity index (χ1) is 8.43. The summed E-state index contributed by atoms with van der Waals surface area (Å²) in [5.74, 6) is -0.0875. The molecule has 96 valence electrons. The first-order valence-corrected chi connectivity index (χ1v) is 6.27. The lowest BCUT2D eigenvalue weighted by Crippen LogP contribution is -2.41. The quantitative estimate of drug-likeness (QED) is 0.889. The lowest BCUT2D eigenvalue weighted by Gasteiger charge is -2.17. The summed E-state index contributed by atoms with van der Waals surface area (Å²) >= 11 is 5.79. The lowest BCUT2D eigenvalue weighted by molar-refractivity contribution is -0.122. The number of benzene rings is 1. The standard InChI is InChI=1S/C14H17ClN2O/c1-14(2,10-16)17-13(18)5-3-4-11-6-8-12(15)9-7-11/h6-9H,3-5H2,1-2H3,(H,17,18). The molecule has 0 bridgehead atoms. The van der Waals surface area contributed by atoms with E-state index in [-0.39, 0.29) is 5.91 Å². The molecule has 1 rings (SSSR count). The highest BCUT2D eigenvalue weighted by molar-refractivity contribution is 6.30. The van der Waals surface area contributed by atoms with E-state index in [9.17, 15) is 4.79 Å². The SMILES string of the molecule is CC(C)(C#N)NC(=O)CCCc1ccc(Cl)cc1. The van der Waals surface area contributed by atoms with Crippen molar-refractivity contribution < 1.29 is 4.79 Å². The molecule has 1 N–H and O–H groups in total. The molecule has 0 unspecified atom stereocenters. The van der Waals surface area contributed by atoms with Crippen molar-refractivity contribution in [2.45, 2.75) is 38.6 Å². The Morgan fingerprint density at radius 1 is 1.39 bits per heavy atom. The number of carbonyl (C=O) groups excluding carboxylic acids is 1. The molecule has 0 aromatic heterocycles. The minimum atomic E-state index is -0.794. The Hall–Kier alpha value is -1.53. The van der Waals surface area contributed by atoms with Crippen LogP contribution in [-0.2, 0) is 11.2 Å². The summed E-state index contributed by atoms with van der Waals surface area (Å²) in [6.07, 6.45) is 2.01. The Labute approximate surface area is 113 Å². The van der Waals surface area contributed by atoms with Crippen LogP contribution in [0.25, 0.3) is 0 Å². The molecule has 0 heterocycles. The van der Waals surface area contributed by atoms with Gasteiger partial charge in [-0.25, -0.2) is 0 Å². The van der Waals surface area contributed by atoms with Gasteiger partial charge in [0, 0.05) is 11.4 Å². The second kappa shape index (κ2) is 6.42. The van der Waals surface area contributed by atoms with Crippen LogP contribution in [0.3, 0.4) is 0 Å². The summed E-state index contributed by atoms with van der Waals surface area (Å²) in [4.78, 5) is 11.6. The molecule has 3 nitrogen and oxygen atoms in total. The van der Waals surface area contributed by atoms with Crippen molar-refractivity contribution in [3.8, 4) is 6.07 Å². The Kier molecular flexibility index (Phi) is 5.18. The fourth-order valence-corrected chi connectivity index (χ4v) is 1.67. The van der Waals surface area contributed by atoms with Gasteiger partial charge in [-0.2, -0.15) is 5.26 Å². The van der Waals surface area contributed by atoms with E-state index in [2.05, 4.69) is 5.32 Å². The molecule has 0 spiro atoms. The van der Waals surface area contributed by atoms with E-state index in [0.717, 1.165) is 18.4 Å². The number of nitriles is 1. The van der Waals surface area contributed by atoms with Crippen LogP contribution < -0.4 is 5.32 Å². The normalized spacial score (nSPS) is 10.8. The van der Waals surface area contributed by atoms with E-state index in [1.54, 1.807) is 13.8 Å². The van der Waals surface area contributed by atoms with Gasteiger partial charge in [0.1, 0.15) is 5.54 Å². The van der Waals surface area contributed by atoms with Crippen LogP contribution in [-0.4, -0.2) is 11.4 Å². The highest BCUT2D eigenvalue weighted by Crippen LogP contribution is 2.11. The third-order valence-corrected chi connectivity index (χ3v) is 2.77. The first-order valence-electron chi connectivity index (χ1n) is 5.90. The number of hydrogen-bond donors (Lipinski definition) is 1. The zero-order valence-corrected chi connectivity index (χ0v) is 11.4. The van der Waals surface area contributed by atoms with Gasteiger partial charge in [-0.05, 0) is 44.4 Å². The zero-order valence-electron chi connectivity index (χ0n) is 10.7. The molecule has 0 aliphatic heterocycles. The van der Waals surface area contributed by atoms with E-state index in [0.29, 0.717) is 11.4 Å². The minimum Gasteiger partial charge on any atom is -0.338 e. The van der Waals surface area contributed by atoms with Crippen LogP contribution in [0.15, 0.2) is 24.3 Å². The van der Waals surface area contributed by atoms with Gasteiger partial charge in [-0.15, -0.1) is 0 Å². The summed E-state index contributed by atoms with van der Waals surface area (Å²) < 4.78 is 0. The topological polar surface area (TPSA) is 52.9 Å². The molecule has 18 heavy (non-hydrogen) atoms. The summed E-state index contributed by atoms with van der Waals surface area (Å²) in [7, 11) is 0. The average Bonchev–Trinajstić information content (AvgIpc) is 2.31. The lowest BCUT2D eigenvalue weighted by atomic mass is 10.1. The van der Waals surface area contributed by atoms with Crippen LogP contribution in [0.1, 0.15) is 32.3 Å². The third kappa shape index (κ3) is 5.20. The Bertz CT molecular complexity index is 446. The molecule has 0 saturated heterocycles. The molecule has 0 radical (unpaired) electrons. The maximum Gasteiger partial charge on any atom is 0.221 e. The predicted molar refractivity (Wildman–Crippen MR) is 72.2 cm³/mol. The molecule has 0 aliphatic carbocycles. The number of amides is 1. The molecular weight excluding hydrogens is 248 g/mol. The van der Waals surface area contributed by atoms with Crippen molar-refractivity contribution in [1.82, 2.24) is 5.32 Å². The smallest absolute Gasteiger partial charge is 0.221 e. The van der Waals surface area contributed by atoms with Crippen LogP contribution in [0.2, 0.25) is 5.02 Å². The number of halogens is 1. The molecule has 1 aromatic rings. The molecule has 0 saturated carbocycles. The molecule has 4 heteroatoms. The van der Waals surface area contributed by atoms with Gasteiger partial charge < -0.3 is 5.32 Å². The van der Waals surface area contributed by atoms with Gasteiger partial charge in [0.05, 0.1) is 6.07 Å². The molecule has 0 fully saturated rings. The highest BCUT2D eigenvalue weighted by atomic mass is 35.5. The predicted octanol–water partition coefficient (Wildman–Crippen LogP) is 3.08. The summed E-state index contributed by atoms with van der Waals surface area (Å²) in [5, 5.41) is 12.2. The number of aryl methyl sites for hydroxylation is 1. The van der Waals surface area contributed by atoms with Crippen LogP contribution in [0.5, 0.6) is 0 Å². The summed E-state index contributed by atoms with van der Waals surface area (Å²) in [6.45, 7) is 3.37. The van der Waals surface area contributed by atoms with Crippen molar-refractivity contribution >= 4 is 17.5 Å². The van der Waals surface area contributed by atoms with Gasteiger partial charge in [-0.3, -0.25) is 4.79 Å². The first kappa shape index (κ1) is 14.5. The summed E-state index contributed by atoms with van der Waals surface area (Å²) in [5.41, 5.74) is 0.365. The van der Waals surface area contributed by atoms with Gasteiger partial charge in [0.25, 0.3) is 0 Å². The highest BCUT2D eigenvalue weighted by Gasteiger charge is 2.18. The number of nitrogens with one attached hydrogen (secondary N) is 1. The van der Waals surface area contributed by atoms with Crippen molar-refractivity contribution in [3.63, 3.8) is 0 Å². The minimum absolute atomic E-state index is 0.0875. The van der Waals surface area contributed by atoms with Crippen LogP contribution >= 0.6 is 11.6 Å². The van der Waals surface area contributed by atoms with E-state index < -0.39 is 5.54 Å². The molecule has 1 aromatic carbocycles. The maximum atomic E-state index is 11.6. The van der Waals surface area contributed by atoms with Gasteiger partial charge >= 0.3 is 0 Å². The molecule has 1 amide bonds. The van der Waals surface area contributed by atoms with Crippen molar-refractivity contribution in [3.05, 3.63) is 34.9 Å². The van der Waals surface area contributed by atoms with Crippen molar-refractivity contribution in [1.29, 1.82) is 5.26 Å². The largest absolute Gasteiger partial charge is 0.338 e. The molecular formula is C14H17ClN2O. The number of carbonyl (C=O) groups is 1. The van der Waals surface area contributed by atoms with Crippen molar-refractivity contribution in [2.75, 3.05) is 0 Å². The second-order valence-electron chi connectivity index (χ2n) is 4.76. The Balaban J connectivity index is 2.32. The fourth-order valence-electron chi connectivity index (χ4n) is 1.54. The maximum absolute atomic E-state index is 11.6. The Morgan fingerprint density at radius 3 is 2.56 bits per heavy atom. The molecule has 0 atom stereocenters. The van der Waals surface area contributed by atoms with E-state index in [1.807, 2.05) is 30.3 Å². The number of rotatable bonds is 5. The van der Waals surface area contributed by atoms with Gasteiger partial charge in [-0.1, -0.05) is 23.7 Å². The van der Waals surface area contributed by atoms with E-state index in [1.165, 1.54) is 0 Å². The van der Waals surface area contributed by atoms with Crippen LogP contribution in [0, 0.1) is 11.3 Å². The monoisotopic (exact) mass is 264 g/mol. The molecule has 0 aliphatic rings. The average molecular weight is 265 g/mol. The third-order valence-electron chi connectivity index (χ3n) is 2.51. The van der Waals surface area contributed by atoms with Crippen LogP contribution in [0.4, 0.5) is 0 Å². The van der Waals surface area contributed by atoms with Gasteiger partial charge in [0.15, 0.2) is 0 Å². The van der Waals surface area contributed by atoms with Crippen molar-refractivity contribution in [2.24, 2.45) is 0 Å². The Morgan fingerprint density at radius 2 is 2.00 bits per heavy atom. The van der Waals surface area contributed by atoms with E-state index >= 15 is 0 Å². The van der Waals surface area contributed by atoms with E-state index in [4.69, 9.17) is 16.9 Å².